The van der Waals surface area contributed by atoms with Crippen LogP contribution in [0.25, 0.3) is 0 Å². The number of nitrogen functional groups attached to an aromatic ring is 1. The molecule has 0 bridgehead atoms. The number of amides is 1. The monoisotopic (exact) mass is 326 g/mol. The van der Waals surface area contributed by atoms with Crippen molar-refractivity contribution in [1.82, 2.24) is 5.32 Å². The van der Waals surface area contributed by atoms with Gasteiger partial charge in [-0.2, -0.15) is 0 Å². The van der Waals surface area contributed by atoms with E-state index >= 15 is 0 Å². The summed E-state index contributed by atoms with van der Waals surface area (Å²) < 4.78 is 11.4. The van der Waals surface area contributed by atoms with Crippen molar-refractivity contribution in [1.29, 1.82) is 0 Å². The van der Waals surface area contributed by atoms with Crippen molar-refractivity contribution in [2.24, 2.45) is 0 Å². The van der Waals surface area contributed by atoms with Gasteiger partial charge < -0.3 is 20.5 Å². The quantitative estimate of drug-likeness (QED) is 0.819. The fourth-order valence-corrected chi connectivity index (χ4v) is 3.05. The van der Waals surface area contributed by atoms with Crippen LogP contribution in [0.1, 0.15) is 44.7 Å². The Kier molecular flexibility index (Phi) is 4.87. The van der Waals surface area contributed by atoms with Crippen LogP contribution in [0.4, 0.5) is 5.69 Å². The zero-order chi connectivity index (χ0) is 15.0. The van der Waals surface area contributed by atoms with Crippen LogP contribution < -0.4 is 15.8 Å². The number of anilines is 1. The molecule has 2 heterocycles. The molecule has 2 aliphatic rings. The molecule has 0 radical (unpaired) electrons. The van der Waals surface area contributed by atoms with Gasteiger partial charge >= 0.3 is 0 Å². The highest BCUT2D eigenvalue weighted by molar-refractivity contribution is 5.85. The zero-order valence-corrected chi connectivity index (χ0v) is 13.7. The lowest BCUT2D eigenvalue weighted by molar-refractivity contribution is -0.131. The number of benzene rings is 1. The van der Waals surface area contributed by atoms with Crippen LogP contribution in [0.2, 0.25) is 0 Å². The summed E-state index contributed by atoms with van der Waals surface area (Å²) in [6, 6.07) is 5.48. The van der Waals surface area contributed by atoms with Crippen molar-refractivity contribution in [2.75, 3.05) is 12.3 Å². The number of fused-ring (bicyclic) bond motifs is 1. The van der Waals surface area contributed by atoms with E-state index in [2.05, 4.69) is 5.32 Å². The van der Waals surface area contributed by atoms with Gasteiger partial charge in [-0.1, -0.05) is 0 Å². The second-order valence-electron chi connectivity index (χ2n) is 6.43. The first-order valence-corrected chi connectivity index (χ1v) is 7.45. The fourth-order valence-electron chi connectivity index (χ4n) is 3.05. The lowest BCUT2D eigenvalue weighted by atomic mass is 9.89. The van der Waals surface area contributed by atoms with Gasteiger partial charge in [0.25, 0.3) is 0 Å². The maximum absolute atomic E-state index is 12.3. The normalized spacial score (nSPS) is 25.5. The number of hydrogen-bond donors (Lipinski definition) is 2. The maximum Gasteiger partial charge on any atom is 0.249 e. The summed E-state index contributed by atoms with van der Waals surface area (Å²) in [6.07, 6.45) is 2.13. The van der Waals surface area contributed by atoms with Gasteiger partial charge in [0.2, 0.25) is 5.91 Å². The molecule has 1 saturated heterocycles. The predicted octanol–water partition coefficient (Wildman–Crippen LogP) is 2.59. The van der Waals surface area contributed by atoms with Gasteiger partial charge in [0.15, 0.2) is 0 Å². The number of nitrogens with one attached hydrogen (secondary N) is 1. The molecule has 3 N–H and O–H groups in total. The van der Waals surface area contributed by atoms with E-state index in [0.29, 0.717) is 18.7 Å². The summed E-state index contributed by atoms with van der Waals surface area (Å²) in [5.74, 6) is 0.752. The van der Waals surface area contributed by atoms with Crippen LogP contribution in [0.15, 0.2) is 18.2 Å². The molecule has 2 aliphatic heterocycles. The van der Waals surface area contributed by atoms with Crippen molar-refractivity contribution < 1.29 is 14.3 Å². The number of ether oxygens (including phenoxy) is 2. The van der Waals surface area contributed by atoms with Gasteiger partial charge in [-0.05, 0) is 44.9 Å². The van der Waals surface area contributed by atoms with Gasteiger partial charge in [-0.15, -0.1) is 12.4 Å². The topological polar surface area (TPSA) is 73.6 Å². The molecule has 2 unspecified atom stereocenters. The molecule has 22 heavy (non-hydrogen) atoms. The molecular formula is C16H23ClN2O3. The molecule has 0 aromatic heterocycles. The Morgan fingerprint density at radius 2 is 2.18 bits per heavy atom. The van der Waals surface area contributed by atoms with E-state index in [1.54, 1.807) is 0 Å². The SMILES string of the molecule is CC1(C)CC(NC(=O)C2CCCO2)c2cc(N)ccc2O1.Cl. The van der Waals surface area contributed by atoms with Gasteiger partial charge in [0.05, 0.1) is 6.04 Å². The molecular weight excluding hydrogens is 304 g/mol. The Bertz CT molecular complexity index is 556. The van der Waals surface area contributed by atoms with Crippen LogP contribution in [0, 0.1) is 0 Å². The van der Waals surface area contributed by atoms with Gasteiger partial charge in [-0.3, -0.25) is 4.79 Å². The third-order valence-corrected chi connectivity index (χ3v) is 4.03. The number of halogens is 1. The van der Waals surface area contributed by atoms with E-state index in [1.807, 2.05) is 32.0 Å². The number of nitrogens with two attached hydrogens (primary N) is 1. The van der Waals surface area contributed by atoms with E-state index in [0.717, 1.165) is 24.2 Å². The minimum absolute atomic E-state index is 0. The van der Waals surface area contributed by atoms with Crippen LogP contribution in [0.3, 0.4) is 0 Å². The molecule has 2 atom stereocenters. The maximum atomic E-state index is 12.3. The standard InChI is InChI=1S/C16H22N2O3.ClH/c1-16(2)9-12(18-15(19)14-4-3-7-20-14)11-8-10(17)5-6-13(11)21-16;/h5-6,8,12,14H,3-4,7,9,17H2,1-2H3,(H,18,19);1H. The third kappa shape index (κ3) is 3.47. The molecule has 1 amide bonds. The van der Waals surface area contributed by atoms with Crippen LogP contribution in [-0.4, -0.2) is 24.2 Å². The molecule has 1 fully saturated rings. The number of carbonyl (C=O) groups is 1. The molecule has 5 nitrogen and oxygen atoms in total. The number of hydrogen-bond acceptors (Lipinski definition) is 4. The first-order chi connectivity index (χ1) is 9.94. The van der Waals surface area contributed by atoms with Crippen molar-refractivity contribution in [3.8, 4) is 5.75 Å². The highest BCUT2D eigenvalue weighted by atomic mass is 35.5. The van der Waals surface area contributed by atoms with Crippen LogP contribution in [-0.2, 0) is 9.53 Å². The van der Waals surface area contributed by atoms with E-state index in [-0.39, 0.29) is 36.1 Å². The van der Waals surface area contributed by atoms with Crippen molar-refractivity contribution in [3.63, 3.8) is 0 Å². The first kappa shape index (κ1) is 16.9. The Hall–Kier alpha value is -1.46. The average Bonchev–Trinajstić information content (AvgIpc) is 2.93. The molecule has 6 heteroatoms. The van der Waals surface area contributed by atoms with Gasteiger partial charge in [0.1, 0.15) is 17.5 Å². The van der Waals surface area contributed by atoms with E-state index in [1.165, 1.54) is 0 Å². The predicted molar refractivity (Wildman–Crippen MR) is 87.3 cm³/mol. The second kappa shape index (κ2) is 6.34. The second-order valence-corrected chi connectivity index (χ2v) is 6.43. The Labute approximate surface area is 137 Å². The minimum atomic E-state index is -0.322. The minimum Gasteiger partial charge on any atom is -0.487 e. The smallest absolute Gasteiger partial charge is 0.249 e. The number of carbonyl (C=O) groups excluding carboxylic acids is 1. The zero-order valence-electron chi connectivity index (χ0n) is 12.9. The van der Waals surface area contributed by atoms with Crippen LogP contribution in [0.5, 0.6) is 5.75 Å². The fraction of sp³-hybridized carbons (Fsp3) is 0.562. The highest BCUT2D eigenvalue weighted by Gasteiger charge is 2.36. The molecule has 0 saturated carbocycles. The van der Waals surface area contributed by atoms with E-state index in [4.69, 9.17) is 15.2 Å². The Balaban J connectivity index is 0.00000176. The van der Waals surface area contributed by atoms with Crippen molar-refractivity contribution in [2.45, 2.75) is 50.9 Å². The molecule has 1 aromatic carbocycles. The summed E-state index contributed by atoms with van der Waals surface area (Å²) in [5.41, 5.74) is 7.17. The molecule has 1 aromatic rings. The average molecular weight is 327 g/mol. The summed E-state index contributed by atoms with van der Waals surface area (Å²) >= 11 is 0. The van der Waals surface area contributed by atoms with Crippen molar-refractivity contribution in [3.05, 3.63) is 23.8 Å². The highest BCUT2D eigenvalue weighted by Crippen LogP contribution is 2.40. The Morgan fingerprint density at radius 1 is 1.41 bits per heavy atom. The largest absolute Gasteiger partial charge is 0.487 e. The van der Waals surface area contributed by atoms with Gasteiger partial charge in [-0.25, -0.2) is 0 Å². The lowest BCUT2D eigenvalue weighted by Gasteiger charge is -2.38. The lowest BCUT2D eigenvalue weighted by Crippen LogP contribution is -2.44. The molecule has 0 aliphatic carbocycles. The third-order valence-electron chi connectivity index (χ3n) is 4.03. The van der Waals surface area contributed by atoms with Crippen LogP contribution >= 0.6 is 12.4 Å². The summed E-state index contributed by atoms with van der Waals surface area (Å²) in [4.78, 5) is 12.3. The first-order valence-electron chi connectivity index (χ1n) is 7.45. The summed E-state index contributed by atoms with van der Waals surface area (Å²) in [7, 11) is 0. The summed E-state index contributed by atoms with van der Waals surface area (Å²) in [5, 5.41) is 3.10. The number of rotatable bonds is 2. The Morgan fingerprint density at radius 3 is 2.86 bits per heavy atom. The molecule has 0 spiro atoms. The summed E-state index contributed by atoms with van der Waals surface area (Å²) in [6.45, 7) is 4.72. The molecule has 122 valence electrons. The van der Waals surface area contributed by atoms with E-state index in [9.17, 15) is 4.79 Å². The van der Waals surface area contributed by atoms with Gasteiger partial charge in [0, 0.05) is 24.3 Å². The van der Waals surface area contributed by atoms with Crippen molar-refractivity contribution >= 4 is 24.0 Å². The molecule has 3 rings (SSSR count). The van der Waals surface area contributed by atoms with E-state index < -0.39 is 0 Å².